The normalized spacial score (nSPS) is 11.0. The van der Waals surface area contributed by atoms with E-state index in [0.717, 1.165) is 35.5 Å². The largest absolute Gasteiger partial charge is 0.370 e. The van der Waals surface area contributed by atoms with Crippen molar-refractivity contribution in [3.63, 3.8) is 0 Å². The molecule has 0 saturated heterocycles. The van der Waals surface area contributed by atoms with Gasteiger partial charge >= 0.3 is 0 Å². The Bertz CT molecular complexity index is 976. The lowest BCUT2D eigenvalue weighted by molar-refractivity contribution is 0.163. The van der Waals surface area contributed by atoms with Crippen molar-refractivity contribution in [2.75, 3.05) is 29.7 Å². The maximum Gasteiger partial charge on any atom is 0.222 e. The summed E-state index contributed by atoms with van der Waals surface area (Å²) in [6.07, 6.45) is 0.850. The molecule has 0 amide bonds. The van der Waals surface area contributed by atoms with Gasteiger partial charge in [-0.05, 0) is 48.6 Å². The predicted octanol–water partition coefficient (Wildman–Crippen LogP) is 5.34. The van der Waals surface area contributed by atoms with Crippen LogP contribution in [0.4, 0.5) is 17.5 Å². The Balaban J connectivity index is 1.58. The van der Waals surface area contributed by atoms with Crippen LogP contribution in [-0.2, 0) is 11.3 Å². The van der Waals surface area contributed by atoms with Gasteiger partial charge in [-0.3, -0.25) is 10.3 Å². The standard InChI is InChI=1S/C23H28ClN5O/c1-15(2)14-30-29-18-9-7-17(8-10-18)11-12-26-22-13-21(27-23(25)28-22)19-5-4-6-20(24)16(19)3/h4-10,13,15,29H,11-12,14H2,1-3H3,(H3,25,26,27,28). The average molecular weight is 426 g/mol. The van der Waals surface area contributed by atoms with E-state index in [0.29, 0.717) is 23.4 Å². The average Bonchev–Trinajstić information content (AvgIpc) is 2.70. The third-order valence-corrected chi connectivity index (χ3v) is 4.98. The lowest BCUT2D eigenvalue weighted by Gasteiger charge is -2.11. The number of aromatic nitrogens is 2. The van der Waals surface area contributed by atoms with E-state index in [9.17, 15) is 0 Å². The Morgan fingerprint density at radius 1 is 1.10 bits per heavy atom. The molecule has 0 aliphatic heterocycles. The molecule has 0 unspecified atom stereocenters. The van der Waals surface area contributed by atoms with E-state index in [2.05, 4.69) is 46.7 Å². The van der Waals surface area contributed by atoms with Gasteiger partial charge in [0, 0.05) is 23.2 Å². The zero-order valence-electron chi connectivity index (χ0n) is 17.6. The minimum Gasteiger partial charge on any atom is -0.370 e. The first kappa shape index (κ1) is 21.9. The number of nitrogens with zero attached hydrogens (tertiary/aromatic N) is 2. The number of hydrogen-bond donors (Lipinski definition) is 3. The van der Waals surface area contributed by atoms with Gasteiger partial charge in [-0.2, -0.15) is 4.98 Å². The molecule has 0 aliphatic rings. The van der Waals surface area contributed by atoms with E-state index in [4.69, 9.17) is 22.2 Å². The lowest BCUT2D eigenvalue weighted by Crippen LogP contribution is -2.09. The van der Waals surface area contributed by atoms with Crippen molar-refractivity contribution in [1.82, 2.24) is 9.97 Å². The van der Waals surface area contributed by atoms with Crippen LogP contribution >= 0.6 is 11.6 Å². The quantitative estimate of drug-likeness (QED) is 0.401. The number of nitrogens with one attached hydrogen (secondary N) is 2. The van der Waals surface area contributed by atoms with Crippen LogP contribution in [0, 0.1) is 12.8 Å². The molecule has 3 aromatic rings. The Hall–Kier alpha value is -2.83. The van der Waals surface area contributed by atoms with Crippen molar-refractivity contribution in [3.05, 3.63) is 64.7 Å². The maximum absolute atomic E-state index is 6.25. The molecule has 0 fully saturated rings. The van der Waals surface area contributed by atoms with Crippen LogP contribution in [0.2, 0.25) is 5.02 Å². The van der Waals surface area contributed by atoms with E-state index in [-0.39, 0.29) is 5.95 Å². The van der Waals surface area contributed by atoms with Crippen molar-refractivity contribution in [2.24, 2.45) is 5.92 Å². The van der Waals surface area contributed by atoms with Crippen LogP contribution in [0.5, 0.6) is 0 Å². The second-order valence-electron chi connectivity index (χ2n) is 7.59. The number of rotatable bonds is 9. The number of hydrogen-bond acceptors (Lipinski definition) is 6. The number of nitrogens with two attached hydrogens (primary N) is 1. The van der Waals surface area contributed by atoms with Crippen LogP contribution in [0.25, 0.3) is 11.3 Å². The van der Waals surface area contributed by atoms with Gasteiger partial charge < -0.3 is 11.1 Å². The fourth-order valence-corrected chi connectivity index (χ4v) is 3.12. The summed E-state index contributed by atoms with van der Waals surface area (Å²) in [7, 11) is 0. The zero-order valence-corrected chi connectivity index (χ0v) is 18.3. The first-order valence-corrected chi connectivity index (χ1v) is 10.4. The highest BCUT2D eigenvalue weighted by Gasteiger charge is 2.09. The summed E-state index contributed by atoms with van der Waals surface area (Å²) in [5, 5.41) is 4.04. The Morgan fingerprint density at radius 3 is 2.60 bits per heavy atom. The summed E-state index contributed by atoms with van der Waals surface area (Å²) < 4.78 is 0. The van der Waals surface area contributed by atoms with E-state index in [1.54, 1.807) is 0 Å². The third-order valence-electron chi connectivity index (χ3n) is 4.57. The van der Waals surface area contributed by atoms with Crippen molar-refractivity contribution in [3.8, 4) is 11.3 Å². The Morgan fingerprint density at radius 2 is 1.87 bits per heavy atom. The highest BCUT2D eigenvalue weighted by molar-refractivity contribution is 6.31. The monoisotopic (exact) mass is 425 g/mol. The molecular formula is C23H28ClN5O. The molecule has 1 heterocycles. The third kappa shape index (κ3) is 6.08. The SMILES string of the molecule is Cc1c(Cl)cccc1-c1cc(NCCc2ccc(NOCC(C)C)cc2)nc(N)n1. The second-order valence-corrected chi connectivity index (χ2v) is 8.00. The first-order chi connectivity index (χ1) is 14.4. The molecule has 0 spiro atoms. The van der Waals surface area contributed by atoms with E-state index >= 15 is 0 Å². The molecule has 7 heteroatoms. The smallest absolute Gasteiger partial charge is 0.222 e. The maximum atomic E-state index is 6.25. The van der Waals surface area contributed by atoms with Crippen LogP contribution in [0.1, 0.15) is 25.0 Å². The van der Waals surface area contributed by atoms with Gasteiger partial charge in [-0.25, -0.2) is 4.98 Å². The summed E-state index contributed by atoms with van der Waals surface area (Å²) in [6, 6.07) is 15.8. The molecule has 1 aromatic heterocycles. The molecule has 3 rings (SSSR count). The topological polar surface area (TPSA) is 85.1 Å². The Labute approximate surface area is 182 Å². The van der Waals surface area contributed by atoms with Gasteiger partial charge in [0.1, 0.15) is 5.82 Å². The molecule has 2 aromatic carbocycles. The number of nitrogen functional groups attached to an aromatic ring is 1. The van der Waals surface area contributed by atoms with Gasteiger partial charge in [0.05, 0.1) is 18.0 Å². The fraction of sp³-hybridized carbons (Fsp3) is 0.304. The molecular weight excluding hydrogens is 398 g/mol. The van der Waals surface area contributed by atoms with E-state index in [1.165, 1.54) is 5.56 Å². The molecule has 0 atom stereocenters. The minimum atomic E-state index is 0.228. The fourth-order valence-electron chi connectivity index (χ4n) is 2.95. The van der Waals surface area contributed by atoms with Gasteiger partial charge in [-0.15, -0.1) is 0 Å². The van der Waals surface area contributed by atoms with Crippen molar-refractivity contribution in [2.45, 2.75) is 27.2 Å². The molecule has 0 bridgehead atoms. The van der Waals surface area contributed by atoms with Crippen molar-refractivity contribution in [1.29, 1.82) is 0 Å². The molecule has 0 radical (unpaired) electrons. The minimum absolute atomic E-state index is 0.228. The summed E-state index contributed by atoms with van der Waals surface area (Å²) in [6.45, 7) is 7.59. The second kappa shape index (κ2) is 10.3. The van der Waals surface area contributed by atoms with Gasteiger partial charge in [-0.1, -0.05) is 49.7 Å². The summed E-state index contributed by atoms with van der Waals surface area (Å²) in [5.41, 5.74) is 13.7. The van der Waals surface area contributed by atoms with Crippen LogP contribution in [0.3, 0.4) is 0 Å². The lowest BCUT2D eigenvalue weighted by atomic mass is 10.1. The number of anilines is 3. The Kier molecular flexibility index (Phi) is 7.49. The van der Waals surface area contributed by atoms with Crippen LogP contribution in [0.15, 0.2) is 48.5 Å². The molecule has 6 nitrogen and oxygen atoms in total. The van der Waals surface area contributed by atoms with E-state index < -0.39 is 0 Å². The van der Waals surface area contributed by atoms with Gasteiger partial charge in [0.2, 0.25) is 5.95 Å². The number of benzene rings is 2. The molecule has 158 valence electrons. The summed E-state index contributed by atoms with van der Waals surface area (Å²) in [5.74, 6) is 1.41. The van der Waals surface area contributed by atoms with Crippen molar-refractivity contribution >= 4 is 29.1 Å². The molecule has 0 aliphatic carbocycles. The van der Waals surface area contributed by atoms with E-state index in [1.807, 2.05) is 43.3 Å². The summed E-state index contributed by atoms with van der Waals surface area (Å²) >= 11 is 6.25. The first-order valence-electron chi connectivity index (χ1n) is 10.0. The van der Waals surface area contributed by atoms with Crippen LogP contribution in [-0.4, -0.2) is 23.1 Å². The predicted molar refractivity (Wildman–Crippen MR) is 125 cm³/mol. The van der Waals surface area contributed by atoms with Gasteiger partial charge in [0.25, 0.3) is 0 Å². The molecule has 30 heavy (non-hydrogen) atoms. The van der Waals surface area contributed by atoms with Gasteiger partial charge in [0.15, 0.2) is 0 Å². The number of halogens is 1. The zero-order chi connectivity index (χ0) is 21.5. The highest BCUT2D eigenvalue weighted by Crippen LogP contribution is 2.28. The summed E-state index contributed by atoms with van der Waals surface area (Å²) in [4.78, 5) is 14.1. The van der Waals surface area contributed by atoms with Crippen molar-refractivity contribution < 1.29 is 4.84 Å². The molecule has 0 saturated carbocycles. The van der Waals surface area contributed by atoms with Crippen LogP contribution < -0.4 is 16.5 Å². The highest BCUT2D eigenvalue weighted by atomic mass is 35.5. The molecule has 4 N–H and O–H groups in total.